The van der Waals surface area contributed by atoms with E-state index in [0.717, 1.165) is 22.1 Å². The molecule has 0 atom stereocenters. The minimum absolute atomic E-state index is 0.103. The van der Waals surface area contributed by atoms with E-state index in [4.69, 9.17) is 0 Å². The fraction of sp³-hybridized carbons (Fsp3) is 0.222. The lowest BCUT2D eigenvalue weighted by atomic mass is 9.87. The van der Waals surface area contributed by atoms with Crippen LogP contribution in [0.5, 0.6) is 0 Å². The normalized spacial score (nSPS) is 11.3. The summed E-state index contributed by atoms with van der Waals surface area (Å²) in [5.41, 5.74) is 5.34. The van der Waals surface area contributed by atoms with Crippen LogP contribution in [0.2, 0.25) is 0 Å². The van der Waals surface area contributed by atoms with E-state index in [9.17, 15) is 5.26 Å². The van der Waals surface area contributed by atoms with Crippen molar-refractivity contribution in [2.24, 2.45) is 0 Å². The van der Waals surface area contributed by atoms with Crippen LogP contribution in [0.4, 0.5) is 0 Å². The van der Waals surface area contributed by atoms with E-state index in [2.05, 4.69) is 78.0 Å². The third-order valence-corrected chi connectivity index (χ3v) is 6.42. The lowest BCUT2D eigenvalue weighted by Gasteiger charge is -2.19. The Labute approximate surface area is 193 Å². The summed E-state index contributed by atoms with van der Waals surface area (Å²) in [6.45, 7) is 7.33. The molecule has 0 saturated heterocycles. The van der Waals surface area contributed by atoms with E-state index in [1.807, 2.05) is 42.5 Å². The molecule has 3 aromatic carbocycles. The van der Waals surface area contributed by atoms with Crippen molar-refractivity contribution in [3.63, 3.8) is 0 Å². The summed E-state index contributed by atoms with van der Waals surface area (Å²) >= 11 is 1.61. The predicted molar refractivity (Wildman–Crippen MR) is 130 cm³/mol. The van der Waals surface area contributed by atoms with Gasteiger partial charge in [0, 0.05) is 11.3 Å². The molecule has 0 fully saturated rings. The van der Waals surface area contributed by atoms with Gasteiger partial charge < -0.3 is 0 Å². The van der Waals surface area contributed by atoms with Crippen molar-refractivity contribution in [3.05, 3.63) is 101 Å². The summed E-state index contributed by atoms with van der Waals surface area (Å²) in [5, 5.41) is 19.3. The molecule has 4 rings (SSSR count). The fourth-order valence-corrected chi connectivity index (χ4v) is 4.48. The Kier molecular flexibility index (Phi) is 6.43. The van der Waals surface area contributed by atoms with E-state index >= 15 is 0 Å². The first-order chi connectivity index (χ1) is 15.5. The Morgan fingerprint density at radius 3 is 2.25 bits per heavy atom. The number of thioether (sulfide) groups is 1. The molecule has 0 unspecified atom stereocenters. The zero-order valence-electron chi connectivity index (χ0n) is 18.6. The third-order valence-electron chi connectivity index (χ3n) is 5.40. The topological polar surface area (TPSA) is 54.5 Å². The van der Waals surface area contributed by atoms with Gasteiger partial charge in [0.15, 0.2) is 11.0 Å². The minimum atomic E-state index is 0.103. The molecule has 0 saturated carbocycles. The summed E-state index contributed by atoms with van der Waals surface area (Å²) in [6.07, 6.45) is 0. The Morgan fingerprint density at radius 1 is 0.875 bits per heavy atom. The average molecular weight is 439 g/mol. The molecule has 4 nitrogen and oxygen atoms in total. The highest BCUT2D eigenvalue weighted by molar-refractivity contribution is 7.98. The predicted octanol–water partition coefficient (Wildman–Crippen LogP) is 6.45. The molecule has 0 aliphatic heterocycles. The number of aromatic nitrogens is 3. The van der Waals surface area contributed by atoms with Gasteiger partial charge in [-0.05, 0) is 28.2 Å². The van der Waals surface area contributed by atoms with Crippen LogP contribution in [-0.2, 0) is 17.7 Å². The van der Waals surface area contributed by atoms with Crippen LogP contribution in [0.15, 0.2) is 84.0 Å². The van der Waals surface area contributed by atoms with Crippen molar-refractivity contribution in [2.45, 2.75) is 43.6 Å². The van der Waals surface area contributed by atoms with E-state index in [-0.39, 0.29) is 5.41 Å². The maximum Gasteiger partial charge on any atom is 0.192 e. The first-order valence-corrected chi connectivity index (χ1v) is 11.6. The number of nitrogens with zero attached hydrogens (tertiary/aromatic N) is 4. The maximum atomic E-state index is 9.40. The zero-order valence-corrected chi connectivity index (χ0v) is 19.4. The number of nitriles is 1. The van der Waals surface area contributed by atoms with Gasteiger partial charge in [-0.3, -0.25) is 4.57 Å². The Bertz CT molecular complexity index is 1230. The molecule has 1 aromatic heterocycles. The largest absolute Gasteiger partial charge is 0.298 e. The van der Waals surface area contributed by atoms with Crippen LogP contribution in [0.1, 0.15) is 43.0 Å². The lowest BCUT2D eigenvalue weighted by Crippen LogP contribution is -2.10. The molecule has 1 heterocycles. The van der Waals surface area contributed by atoms with Crippen LogP contribution in [-0.4, -0.2) is 14.8 Å². The van der Waals surface area contributed by atoms with Gasteiger partial charge in [-0.25, -0.2) is 0 Å². The summed E-state index contributed by atoms with van der Waals surface area (Å²) in [5.74, 6) is 1.52. The van der Waals surface area contributed by atoms with E-state index < -0.39 is 0 Å². The number of benzene rings is 3. The van der Waals surface area contributed by atoms with Crippen LogP contribution < -0.4 is 0 Å². The van der Waals surface area contributed by atoms with E-state index in [0.29, 0.717) is 17.9 Å². The molecule has 0 amide bonds. The van der Waals surface area contributed by atoms with Gasteiger partial charge in [0.05, 0.1) is 18.2 Å². The van der Waals surface area contributed by atoms with Gasteiger partial charge in [-0.15, -0.1) is 10.2 Å². The van der Waals surface area contributed by atoms with Crippen molar-refractivity contribution in [1.29, 1.82) is 5.26 Å². The molecule has 5 heteroatoms. The number of rotatable bonds is 6. The van der Waals surface area contributed by atoms with Gasteiger partial charge in [-0.1, -0.05) is 105 Å². The van der Waals surface area contributed by atoms with Gasteiger partial charge >= 0.3 is 0 Å². The number of hydrogen-bond donors (Lipinski definition) is 0. The third kappa shape index (κ3) is 4.92. The standard InChI is InChI=1S/C27H26N4S/c1-27(2,3)24-15-13-21(14-16-24)25-29-30-26(31(25)18-20-9-5-4-6-10-20)32-19-23-12-8-7-11-22(23)17-28/h4-16H,18-19H2,1-3H3. The van der Waals surface area contributed by atoms with Crippen molar-refractivity contribution >= 4 is 11.8 Å². The Morgan fingerprint density at radius 2 is 1.56 bits per heavy atom. The first-order valence-electron chi connectivity index (χ1n) is 10.6. The van der Waals surface area contributed by atoms with Crippen molar-refractivity contribution < 1.29 is 0 Å². The fourth-order valence-electron chi connectivity index (χ4n) is 3.53. The van der Waals surface area contributed by atoms with Crippen molar-refractivity contribution in [1.82, 2.24) is 14.8 Å². The molecule has 0 aliphatic rings. The Hall–Kier alpha value is -3.36. The average Bonchev–Trinajstić information content (AvgIpc) is 3.20. The van der Waals surface area contributed by atoms with Crippen LogP contribution in [0.25, 0.3) is 11.4 Å². The van der Waals surface area contributed by atoms with Crippen LogP contribution >= 0.6 is 11.8 Å². The first kappa shape index (κ1) is 21.9. The lowest BCUT2D eigenvalue weighted by molar-refractivity contribution is 0.590. The van der Waals surface area contributed by atoms with Gasteiger partial charge in [0.25, 0.3) is 0 Å². The SMILES string of the molecule is CC(C)(C)c1ccc(-c2nnc(SCc3ccccc3C#N)n2Cc2ccccc2)cc1. The molecule has 160 valence electrons. The summed E-state index contributed by atoms with van der Waals surface area (Å²) < 4.78 is 2.17. The summed E-state index contributed by atoms with van der Waals surface area (Å²) in [6, 6.07) is 29.0. The monoisotopic (exact) mass is 438 g/mol. The van der Waals surface area contributed by atoms with Crippen LogP contribution in [0.3, 0.4) is 0 Å². The minimum Gasteiger partial charge on any atom is -0.298 e. The highest BCUT2D eigenvalue weighted by atomic mass is 32.2. The molecule has 0 bridgehead atoms. The molecule has 0 aliphatic carbocycles. The molecule has 4 aromatic rings. The molecule has 0 spiro atoms. The highest BCUT2D eigenvalue weighted by Crippen LogP contribution is 2.30. The van der Waals surface area contributed by atoms with Crippen molar-refractivity contribution in [3.8, 4) is 17.5 Å². The second-order valence-electron chi connectivity index (χ2n) is 8.76. The summed E-state index contributed by atoms with van der Waals surface area (Å²) in [4.78, 5) is 0. The second-order valence-corrected chi connectivity index (χ2v) is 9.71. The zero-order chi connectivity index (χ0) is 22.6. The van der Waals surface area contributed by atoms with E-state index in [1.165, 1.54) is 11.1 Å². The van der Waals surface area contributed by atoms with Crippen LogP contribution in [0, 0.1) is 11.3 Å². The Balaban J connectivity index is 1.68. The molecular formula is C27H26N4S. The van der Waals surface area contributed by atoms with Gasteiger partial charge in [0.1, 0.15) is 0 Å². The number of hydrogen-bond acceptors (Lipinski definition) is 4. The highest BCUT2D eigenvalue weighted by Gasteiger charge is 2.18. The molecule has 0 N–H and O–H groups in total. The second kappa shape index (κ2) is 9.42. The summed E-state index contributed by atoms with van der Waals surface area (Å²) in [7, 11) is 0. The maximum absolute atomic E-state index is 9.40. The molecule has 32 heavy (non-hydrogen) atoms. The molecule has 0 radical (unpaired) electrons. The van der Waals surface area contributed by atoms with E-state index in [1.54, 1.807) is 11.8 Å². The molecular weight excluding hydrogens is 412 g/mol. The smallest absolute Gasteiger partial charge is 0.192 e. The quantitative estimate of drug-likeness (QED) is 0.324. The van der Waals surface area contributed by atoms with Gasteiger partial charge in [0.2, 0.25) is 0 Å². The van der Waals surface area contributed by atoms with Gasteiger partial charge in [-0.2, -0.15) is 5.26 Å². The van der Waals surface area contributed by atoms with Crippen molar-refractivity contribution in [2.75, 3.05) is 0 Å².